The average Bonchev–Trinajstić information content (AvgIpc) is 2.71. The van der Waals surface area contributed by atoms with Gasteiger partial charge in [-0.25, -0.2) is 13.1 Å². The van der Waals surface area contributed by atoms with Crippen LogP contribution in [-0.4, -0.2) is 49.3 Å². The Kier molecular flexibility index (Phi) is 5.97. The minimum atomic E-state index is -3.59. The van der Waals surface area contributed by atoms with E-state index in [0.29, 0.717) is 25.7 Å². The fraction of sp³-hybridized carbons (Fsp3) is 0.750. The lowest BCUT2D eigenvalue weighted by Gasteiger charge is -2.20. The number of hydrogen-bond donors (Lipinski definition) is 2. The Hall–Kier alpha value is -1.12. The number of anilines is 1. The van der Waals surface area contributed by atoms with Crippen molar-refractivity contribution in [1.82, 2.24) is 19.4 Å². The van der Waals surface area contributed by atoms with Crippen molar-refractivity contribution in [2.75, 3.05) is 25.9 Å². The second-order valence-corrected chi connectivity index (χ2v) is 6.85. The molecule has 0 amide bonds. The molecular weight excluding hydrogens is 278 g/mol. The van der Waals surface area contributed by atoms with Crippen LogP contribution in [0.1, 0.15) is 27.2 Å². The first-order valence-corrected chi connectivity index (χ1v) is 8.29. The molecule has 7 nitrogen and oxygen atoms in total. The van der Waals surface area contributed by atoms with Crippen molar-refractivity contribution in [2.45, 2.75) is 44.7 Å². The predicted molar refractivity (Wildman–Crippen MR) is 79.9 cm³/mol. The van der Waals surface area contributed by atoms with Gasteiger partial charge in [-0.05, 0) is 27.3 Å². The first-order chi connectivity index (χ1) is 9.27. The van der Waals surface area contributed by atoms with Crippen molar-refractivity contribution in [3.8, 4) is 0 Å². The minimum absolute atomic E-state index is 0.0446. The number of nitrogen functional groups attached to an aromatic ring is 1. The zero-order valence-corrected chi connectivity index (χ0v) is 13.4. The number of aryl methyl sites for hydroxylation is 1. The Morgan fingerprint density at radius 2 is 2.15 bits per heavy atom. The van der Waals surface area contributed by atoms with Gasteiger partial charge in [-0.3, -0.25) is 4.68 Å². The molecule has 0 aliphatic carbocycles. The molecule has 8 heteroatoms. The summed E-state index contributed by atoms with van der Waals surface area (Å²) in [5, 5.41) is 4.00. The van der Waals surface area contributed by atoms with Crippen LogP contribution in [0.25, 0.3) is 0 Å². The monoisotopic (exact) mass is 303 g/mol. The highest BCUT2D eigenvalue weighted by Gasteiger charge is 2.20. The Morgan fingerprint density at radius 1 is 1.50 bits per heavy atom. The summed E-state index contributed by atoms with van der Waals surface area (Å²) in [5.74, 6) is 0.0446. The molecule has 116 valence electrons. The highest BCUT2D eigenvalue weighted by atomic mass is 32.2. The van der Waals surface area contributed by atoms with Gasteiger partial charge in [0.2, 0.25) is 10.0 Å². The van der Waals surface area contributed by atoms with E-state index in [1.807, 2.05) is 14.0 Å². The van der Waals surface area contributed by atoms with E-state index >= 15 is 0 Å². The fourth-order valence-electron chi connectivity index (χ4n) is 1.66. The van der Waals surface area contributed by atoms with Crippen LogP contribution in [0, 0.1) is 0 Å². The topological polar surface area (TPSA) is 93.2 Å². The molecule has 0 atom stereocenters. The SMILES string of the molecule is CCCn1cc(S(=O)(=O)NCCN(C)C(C)C)c(N)n1. The summed E-state index contributed by atoms with van der Waals surface area (Å²) in [6.45, 7) is 7.74. The van der Waals surface area contributed by atoms with Gasteiger partial charge in [0.1, 0.15) is 4.90 Å². The quantitative estimate of drug-likeness (QED) is 0.729. The van der Waals surface area contributed by atoms with Crippen molar-refractivity contribution < 1.29 is 8.42 Å². The van der Waals surface area contributed by atoms with Gasteiger partial charge >= 0.3 is 0 Å². The third-order valence-corrected chi connectivity index (χ3v) is 4.61. The number of sulfonamides is 1. The number of nitrogens with zero attached hydrogens (tertiary/aromatic N) is 3. The first kappa shape index (κ1) is 16.9. The lowest BCUT2D eigenvalue weighted by molar-refractivity contribution is 0.278. The van der Waals surface area contributed by atoms with E-state index < -0.39 is 10.0 Å². The zero-order chi connectivity index (χ0) is 15.3. The molecule has 0 aliphatic heterocycles. The van der Waals surface area contributed by atoms with Gasteiger partial charge in [0, 0.05) is 31.9 Å². The van der Waals surface area contributed by atoms with Crippen LogP contribution in [0.3, 0.4) is 0 Å². The number of likely N-dealkylation sites (N-methyl/N-ethyl adjacent to an activating group) is 1. The number of nitrogens with two attached hydrogens (primary N) is 1. The molecule has 0 aromatic carbocycles. The Bertz CT molecular complexity index is 524. The van der Waals surface area contributed by atoms with Crippen LogP contribution in [0.2, 0.25) is 0 Å². The van der Waals surface area contributed by atoms with Gasteiger partial charge in [0.15, 0.2) is 5.82 Å². The third kappa shape index (κ3) is 4.46. The normalized spacial score (nSPS) is 12.5. The van der Waals surface area contributed by atoms with Crippen LogP contribution in [0.4, 0.5) is 5.82 Å². The smallest absolute Gasteiger partial charge is 0.245 e. The number of hydrogen-bond acceptors (Lipinski definition) is 5. The Labute approximate surface area is 121 Å². The lowest BCUT2D eigenvalue weighted by atomic mass is 10.3. The largest absolute Gasteiger partial charge is 0.381 e. The molecule has 0 unspecified atom stereocenters. The van der Waals surface area contributed by atoms with Gasteiger partial charge in [-0.15, -0.1) is 0 Å². The second kappa shape index (κ2) is 7.05. The summed E-state index contributed by atoms with van der Waals surface area (Å²) in [5.41, 5.74) is 5.68. The van der Waals surface area contributed by atoms with Gasteiger partial charge < -0.3 is 10.6 Å². The zero-order valence-electron chi connectivity index (χ0n) is 12.6. The average molecular weight is 303 g/mol. The molecule has 0 saturated heterocycles. The molecule has 0 fully saturated rings. The van der Waals surface area contributed by atoms with Crippen LogP contribution in [-0.2, 0) is 16.6 Å². The molecule has 1 heterocycles. The minimum Gasteiger partial charge on any atom is -0.381 e. The van der Waals surface area contributed by atoms with E-state index in [4.69, 9.17) is 5.73 Å². The maximum absolute atomic E-state index is 12.2. The summed E-state index contributed by atoms with van der Waals surface area (Å²) in [4.78, 5) is 2.12. The molecule has 0 spiro atoms. The molecule has 1 rings (SSSR count). The Morgan fingerprint density at radius 3 is 2.70 bits per heavy atom. The molecular formula is C12H25N5O2S. The van der Waals surface area contributed by atoms with Gasteiger partial charge in [0.25, 0.3) is 0 Å². The summed E-state index contributed by atoms with van der Waals surface area (Å²) in [6, 6.07) is 0.372. The molecule has 3 N–H and O–H groups in total. The van der Waals surface area contributed by atoms with Crippen molar-refractivity contribution in [1.29, 1.82) is 0 Å². The summed E-state index contributed by atoms with van der Waals surface area (Å²) in [6.07, 6.45) is 2.35. The number of rotatable bonds is 8. The third-order valence-electron chi connectivity index (χ3n) is 3.14. The van der Waals surface area contributed by atoms with Crippen molar-refractivity contribution in [2.24, 2.45) is 0 Å². The van der Waals surface area contributed by atoms with E-state index in [1.165, 1.54) is 6.20 Å². The maximum atomic E-state index is 12.2. The van der Waals surface area contributed by atoms with Crippen LogP contribution >= 0.6 is 0 Å². The van der Waals surface area contributed by atoms with Crippen LogP contribution in [0.5, 0.6) is 0 Å². The lowest BCUT2D eigenvalue weighted by Crippen LogP contribution is -2.36. The van der Waals surface area contributed by atoms with Crippen LogP contribution in [0.15, 0.2) is 11.1 Å². The first-order valence-electron chi connectivity index (χ1n) is 6.80. The van der Waals surface area contributed by atoms with E-state index in [1.54, 1.807) is 4.68 Å². The number of aromatic nitrogens is 2. The van der Waals surface area contributed by atoms with E-state index in [0.717, 1.165) is 6.42 Å². The standard InChI is InChI=1S/C12H25N5O2S/c1-5-7-17-9-11(12(13)15-17)20(18,19)14-6-8-16(4)10(2)3/h9-10,14H,5-8H2,1-4H3,(H2,13,15). The highest BCUT2D eigenvalue weighted by Crippen LogP contribution is 2.15. The van der Waals surface area contributed by atoms with Crippen molar-refractivity contribution >= 4 is 15.8 Å². The van der Waals surface area contributed by atoms with Crippen molar-refractivity contribution in [3.63, 3.8) is 0 Å². The molecule has 0 radical (unpaired) electrons. The molecule has 0 aliphatic rings. The summed E-state index contributed by atoms with van der Waals surface area (Å²) < 4.78 is 28.4. The highest BCUT2D eigenvalue weighted by molar-refractivity contribution is 7.89. The van der Waals surface area contributed by atoms with E-state index in [-0.39, 0.29) is 10.7 Å². The van der Waals surface area contributed by atoms with Gasteiger partial charge in [-0.1, -0.05) is 6.92 Å². The van der Waals surface area contributed by atoms with Crippen LogP contribution < -0.4 is 10.5 Å². The number of nitrogens with one attached hydrogen (secondary N) is 1. The summed E-state index contributed by atoms with van der Waals surface area (Å²) >= 11 is 0. The molecule has 0 saturated carbocycles. The van der Waals surface area contributed by atoms with Crippen molar-refractivity contribution in [3.05, 3.63) is 6.20 Å². The van der Waals surface area contributed by atoms with E-state index in [9.17, 15) is 8.42 Å². The fourth-order valence-corrected chi connectivity index (χ4v) is 2.75. The van der Waals surface area contributed by atoms with Gasteiger partial charge in [-0.2, -0.15) is 5.10 Å². The molecule has 20 heavy (non-hydrogen) atoms. The molecule has 1 aromatic rings. The Balaban J connectivity index is 2.69. The second-order valence-electron chi connectivity index (χ2n) is 5.11. The van der Waals surface area contributed by atoms with Gasteiger partial charge in [0.05, 0.1) is 0 Å². The molecule has 0 bridgehead atoms. The molecule has 1 aromatic heterocycles. The predicted octanol–water partition coefficient (Wildman–Crippen LogP) is 0.494. The maximum Gasteiger partial charge on any atom is 0.245 e. The summed E-state index contributed by atoms with van der Waals surface area (Å²) in [7, 11) is -1.64. The van der Waals surface area contributed by atoms with E-state index in [2.05, 4.69) is 28.6 Å².